The Kier molecular flexibility index (Phi) is 9.82. The van der Waals surface area contributed by atoms with E-state index in [0.717, 1.165) is 43.5 Å². The van der Waals surface area contributed by atoms with Gasteiger partial charge in [-0.05, 0) is 55.6 Å². The highest BCUT2D eigenvalue weighted by atomic mass is 35.5. The minimum absolute atomic E-state index is 0. The summed E-state index contributed by atoms with van der Waals surface area (Å²) in [7, 11) is 0. The van der Waals surface area contributed by atoms with Gasteiger partial charge in [-0.2, -0.15) is 0 Å². The molecule has 2 aromatic rings. The second-order valence-corrected chi connectivity index (χ2v) is 7.61. The summed E-state index contributed by atoms with van der Waals surface area (Å²) in [6.07, 6.45) is 3.70. The molecule has 1 aliphatic heterocycles. The molecule has 2 aromatic carbocycles. The van der Waals surface area contributed by atoms with Crippen LogP contribution in [0.1, 0.15) is 54.6 Å². The number of nitrogens with zero attached hydrogens (tertiary/aromatic N) is 1. The lowest BCUT2D eigenvalue weighted by Gasteiger charge is -2.35. The largest absolute Gasteiger partial charge is 0.492 e. The lowest BCUT2D eigenvalue weighted by Crippen LogP contribution is -2.51. The van der Waals surface area contributed by atoms with Crippen molar-refractivity contribution in [3.05, 3.63) is 65.7 Å². The Morgan fingerprint density at radius 1 is 1.13 bits per heavy atom. The quantitative estimate of drug-likeness (QED) is 0.600. The van der Waals surface area contributed by atoms with E-state index in [-0.39, 0.29) is 36.0 Å². The van der Waals surface area contributed by atoms with Gasteiger partial charge in [0.15, 0.2) is 0 Å². The van der Waals surface area contributed by atoms with Crippen molar-refractivity contribution in [2.45, 2.75) is 44.7 Å². The Balaban J connectivity index is 0.00000341. The third kappa shape index (κ3) is 6.97. The lowest BCUT2D eigenvalue weighted by atomic mass is 9.99. The van der Waals surface area contributed by atoms with E-state index in [0.29, 0.717) is 13.2 Å². The number of hydrogen-bond donors (Lipinski definition) is 2. The SMILES string of the molecule is CC[C@H](NC(=O)[C@H]1CCCCN1CCOc1ccccc1)c1ccc(C(=O)O)cc1.Cl. The number of likely N-dealkylation sites (tertiary alicyclic amines) is 1. The number of carbonyl (C=O) groups excluding carboxylic acids is 1. The van der Waals surface area contributed by atoms with Gasteiger partial charge in [-0.25, -0.2) is 4.79 Å². The molecule has 0 saturated carbocycles. The number of hydrogen-bond acceptors (Lipinski definition) is 4. The summed E-state index contributed by atoms with van der Waals surface area (Å²) in [6.45, 7) is 4.15. The highest BCUT2D eigenvalue weighted by Gasteiger charge is 2.29. The number of carbonyl (C=O) groups is 2. The van der Waals surface area contributed by atoms with Gasteiger partial charge in [0.05, 0.1) is 17.6 Å². The lowest BCUT2D eigenvalue weighted by molar-refractivity contribution is -0.128. The molecule has 31 heavy (non-hydrogen) atoms. The van der Waals surface area contributed by atoms with Gasteiger partial charge in [0.2, 0.25) is 5.91 Å². The summed E-state index contributed by atoms with van der Waals surface area (Å²) in [4.78, 5) is 26.3. The van der Waals surface area contributed by atoms with E-state index in [9.17, 15) is 9.59 Å². The smallest absolute Gasteiger partial charge is 0.335 e. The summed E-state index contributed by atoms with van der Waals surface area (Å²) in [6, 6.07) is 16.1. The van der Waals surface area contributed by atoms with E-state index in [1.54, 1.807) is 24.3 Å². The Labute approximate surface area is 190 Å². The van der Waals surface area contributed by atoms with Crippen LogP contribution >= 0.6 is 12.4 Å². The number of aromatic carboxylic acids is 1. The number of halogens is 1. The number of rotatable bonds is 9. The van der Waals surface area contributed by atoms with Crippen molar-refractivity contribution in [2.75, 3.05) is 19.7 Å². The third-order valence-electron chi connectivity index (χ3n) is 5.59. The molecule has 0 bridgehead atoms. The summed E-state index contributed by atoms with van der Waals surface area (Å²) in [5.41, 5.74) is 1.17. The van der Waals surface area contributed by atoms with Gasteiger partial charge in [0, 0.05) is 6.54 Å². The van der Waals surface area contributed by atoms with Crippen LogP contribution in [0.5, 0.6) is 5.75 Å². The molecule has 1 fully saturated rings. The van der Waals surface area contributed by atoms with Crippen molar-refractivity contribution in [3.63, 3.8) is 0 Å². The van der Waals surface area contributed by atoms with Crippen LogP contribution in [0, 0.1) is 0 Å². The van der Waals surface area contributed by atoms with Crippen LogP contribution in [0.25, 0.3) is 0 Å². The standard InChI is InChI=1S/C24H30N2O4.ClH/c1-2-21(18-11-13-19(14-12-18)24(28)29)25-23(27)22-10-6-7-15-26(22)16-17-30-20-8-4-3-5-9-20;/h3-5,8-9,11-14,21-22H,2,6-7,10,15-17H2,1H3,(H,25,27)(H,28,29);1H/t21-,22+;/m0./s1. The molecule has 1 amide bonds. The zero-order valence-electron chi connectivity index (χ0n) is 17.8. The first kappa shape index (κ1) is 24.7. The number of carboxylic acids is 1. The molecule has 0 aromatic heterocycles. The number of nitrogens with one attached hydrogen (secondary N) is 1. The molecule has 0 spiro atoms. The van der Waals surface area contributed by atoms with Crippen molar-refractivity contribution < 1.29 is 19.4 Å². The summed E-state index contributed by atoms with van der Waals surface area (Å²) < 4.78 is 5.82. The van der Waals surface area contributed by atoms with Crippen molar-refractivity contribution in [2.24, 2.45) is 0 Å². The number of benzene rings is 2. The molecule has 0 aliphatic carbocycles. The van der Waals surface area contributed by atoms with E-state index in [1.165, 1.54) is 0 Å². The number of piperidine rings is 1. The fraction of sp³-hybridized carbons (Fsp3) is 0.417. The second-order valence-electron chi connectivity index (χ2n) is 7.61. The maximum absolute atomic E-state index is 13.1. The highest BCUT2D eigenvalue weighted by Crippen LogP contribution is 2.21. The Morgan fingerprint density at radius 3 is 2.48 bits per heavy atom. The molecule has 0 unspecified atom stereocenters. The molecule has 7 heteroatoms. The molecule has 1 saturated heterocycles. The van der Waals surface area contributed by atoms with Crippen LogP contribution in [-0.4, -0.2) is 47.6 Å². The predicted octanol–water partition coefficient (Wildman–Crippen LogP) is 4.31. The van der Waals surface area contributed by atoms with Gasteiger partial charge in [0.25, 0.3) is 0 Å². The molecule has 1 heterocycles. The topological polar surface area (TPSA) is 78.9 Å². The molecule has 2 atom stereocenters. The second kappa shape index (κ2) is 12.3. The molecule has 1 aliphatic rings. The van der Waals surface area contributed by atoms with E-state index >= 15 is 0 Å². The van der Waals surface area contributed by atoms with Crippen molar-refractivity contribution >= 4 is 24.3 Å². The van der Waals surface area contributed by atoms with Crippen molar-refractivity contribution in [3.8, 4) is 5.75 Å². The third-order valence-corrected chi connectivity index (χ3v) is 5.59. The highest BCUT2D eigenvalue weighted by molar-refractivity contribution is 5.87. The van der Waals surface area contributed by atoms with Crippen LogP contribution in [0.3, 0.4) is 0 Å². The molecule has 168 valence electrons. The number of carboxylic acid groups (broad SMARTS) is 1. The van der Waals surface area contributed by atoms with Crippen LogP contribution < -0.4 is 10.1 Å². The van der Waals surface area contributed by atoms with Gasteiger partial charge in [-0.15, -0.1) is 12.4 Å². The zero-order chi connectivity index (χ0) is 21.3. The predicted molar refractivity (Wildman–Crippen MR) is 123 cm³/mol. The summed E-state index contributed by atoms with van der Waals surface area (Å²) in [5.74, 6) is -0.0795. The first-order valence-corrected chi connectivity index (χ1v) is 10.6. The van der Waals surface area contributed by atoms with Gasteiger partial charge in [-0.1, -0.05) is 43.7 Å². The monoisotopic (exact) mass is 446 g/mol. The maximum Gasteiger partial charge on any atom is 0.335 e. The van der Waals surface area contributed by atoms with E-state index < -0.39 is 5.97 Å². The summed E-state index contributed by atoms with van der Waals surface area (Å²) in [5, 5.41) is 12.2. The normalized spacial score (nSPS) is 17.3. The molecular weight excluding hydrogens is 416 g/mol. The number of amides is 1. The fourth-order valence-electron chi connectivity index (χ4n) is 3.90. The minimum Gasteiger partial charge on any atom is -0.492 e. The molecular formula is C24H31ClN2O4. The van der Waals surface area contributed by atoms with Gasteiger partial charge in [0.1, 0.15) is 12.4 Å². The number of para-hydroxylation sites is 1. The first-order chi connectivity index (χ1) is 14.6. The number of ether oxygens (including phenoxy) is 1. The average molecular weight is 447 g/mol. The van der Waals surface area contributed by atoms with Gasteiger partial charge < -0.3 is 15.2 Å². The summed E-state index contributed by atoms with van der Waals surface area (Å²) >= 11 is 0. The van der Waals surface area contributed by atoms with Crippen LogP contribution in [0.15, 0.2) is 54.6 Å². The average Bonchev–Trinajstić information content (AvgIpc) is 2.78. The Bertz CT molecular complexity index is 829. The first-order valence-electron chi connectivity index (χ1n) is 10.6. The van der Waals surface area contributed by atoms with Crippen LogP contribution in [0.2, 0.25) is 0 Å². The van der Waals surface area contributed by atoms with E-state index in [1.807, 2.05) is 37.3 Å². The minimum atomic E-state index is -0.950. The van der Waals surface area contributed by atoms with Crippen molar-refractivity contribution in [1.82, 2.24) is 10.2 Å². The van der Waals surface area contributed by atoms with Gasteiger partial charge >= 0.3 is 5.97 Å². The molecule has 0 radical (unpaired) electrons. The van der Waals surface area contributed by atoms with Crippen LogP contribution in [0.4, 0.5) is 0 Å². The molecule has 2 N–H and O–H groups in total. The van der Waals surface area contributed by atoms with Gasteiger partial charge in [-0.3, -0.25) is 9.69 Å². The fourth-order valence-corrected chi connectivity index (χ4v) is 3.90. The molecule has 6 nitrogen and oxygen atoms in total. The zero-order valence-corrected chi connectivity index (χ0v) is 18.6. The Morgan fingerprint density at radius 2 is 1.84 bits per heavy atom. The van der Waals surface area contributed by atoms with Crippen LogP contribution in [-0.2, 0) is 4.79 Å². The Hall–Kier alpha value is -2.57. The van der Waals surface area contributed by atoms with Crippen molar-refractivity contribution in [1.29, 1.82) is 0 Å². The molecule has 3 rings (SSSR count). The van der Waals surface area contributed by atoms with E-state index in [4.69, 9.17) is 9.84 Å². The maximum atomic E-state index is 13.1. The van der Waals surface area contributed by atoms with E-state index in [2.05, 4.69) is 10.2 Å².